The highest BCUT2D eigenvalue weighted by Gasteiger charge is 2.29. The molecule has 2 aliphatic rings. The molecule has 24 heavy (non-hydrogen) atoms. The van der Waals surface area contributed by atoms with Crippen LogP contribution in [-0.4, -0.2) is 40.0 Å². The van der Waals surface area contributed by atoms with Crippen molar-refractivity contribution in [2.75, 3.05) is 18.4 Å². The number of hydrogen-bond acceptors (Lipinski definition) is 5. The summed E-state index contributed by atoms with van der Waals surface area (Å²) in [4.78, 5) is 23.6. The van der Waals surface area contributed by atoms with Gasteiger partial charge in [-0.25, -0.2) is 9.18 Å². The monoisotopic (exact) mass is 332 g/mol. The second-order valence-electron chi connectivity index (χ2n) is 6.34. The Balaban J connectivity index is 1.88. The maximum absolute atomic E-state index is 14.4. The molecule has 2 fully saturated rings. The average molecular weight is 332 g/mol. The number of aromatic nitrogens is 2. The minimum Gasteiger partial charge on any atom is -0.476 e. The summed E-state index contributed by atoms with van der Waals surface area (Å²) in [7, 11) is 0. The molecule has 8 heteroatoms. The Morgan fingerprint density at radius 1 is 1.38 bits per heavy atom. The van der Waals surface area contributed by atoms with E-state index in [4.69, 9.17) is 0 Å². The summed E-state index contributed by atoms with van der Waals surface area (Å²) in [6.45, 7) is 1.63. The van der Waals surface area contributed by atoms with Crippen molar-refractivity contribution in [2.24, 2.45) is 0 Å². The van der Waals surface area contributed by atoms with E-state index in [1.807, 2.05) is 0 Å². The number of halogens is 1. The molecular formula is C16H17FN4O3. The summed E-state index contributed by atoms with van der Waals surface area (Å²) in [5.74, 6) is -1.95. The van der Waals surface area contributed by atoms with E-state index in [0.717, 1.165) is 38.4 Å². The van der Waals surface area contributed by atoms with Gasteiger partial charge in [0.15, 0.2) is 0 Å². The molecule has 0 bridgehead atoms. The van der Waals surface area contributed by atoms with Gasteiger partial charge in [-0.1, -0.05) is 0 Å². The largest absolute Gasteiger partial charge is 0.476 e. The third-order valence-corrected chi connectivity index (χ3v) is 4.51. The van der Waals surface area contributed by atoms with Crippen molar-refractivity contribution in [2.45, 2.75) is 31.3 Å². The third kappa shape index (κ3) is 2.52. The number of nitrogens with one attached hydrogen (secondary N) is 2. The molecule has 1 saturated heterocycles. The Hall–Kier alpha value is -2.48. The lowest BCUT2D eigenvalue weighted by Gasteiger charge is -2.16. The predicted molar refractivity (Wildman–Crippen MR) is 86.1 cm³/mol. The zero-order chi connectivity index (χ0) is 16.8. The van der Waals surface area contributed by atoms with Crippen LogP contribution in [-0.2, 0) is 0 Å². The van der Waals surface area contributed by atoms with Crippen LogP contribution < -0.4 is 16.1 Å². The molecule has 0 radical (unpaired) electrons. The maximum atomic E-state index is 14.4. The van der Waals surface area contributed by atoms with E-state index < -0.39 is 22.9 Å². The molecule has 1 aromatic carbocycles. The van der Waals surface area contributed by atoms with Crippen LogP contribution in [0.25, 0.3) is 10.9 Å². The minimum atomic E-state index is -1.39. The number of benzene rings is 1. The van der Waals surface area contributed by atoms with E-state index in [1.54, 1.807) is 10.7 Å². The second kappa shape index (κ2) is 5.55. The van der Waals surface area contributed by atoms with Crippen LogP contribution in [0.4, 0.5) is 10.1 Å². The first kappa shape index (κ1) is 15.1. The van der Waals surface area contributed by atoms with Crippen molar-refractivity contribution < 1.29 is 14.3 Å². The van der Waals surface area contributed by atoms with Gasteiger partial charge in [0.2, 0.25) is 11.1 Å². The molecule has 0 amide bonds. The number of carboxylic acid groups (broad SMARTS) is 1. The van der Waals surface area contributed by atoms with E-state index in [9.17, 15) is 19.1 Å². The van der Waals surface area contributed by atoms with E-state index in [1.165, 1.54) is 0 Å². The topological polar surface area (TPSA) is 96.2 Å². The number of carboxylic acids is 1. The molecule has 1 saturated carbocycles. The van der Waals surface area contributed by atoms with Gasteiger partial charge in [-0.15, -0.1) is 0 Å². The molecule has 126 valence electrons. The van der Waals surface area contributed by atoms with E-state index >= 15 is 0 Å². The first-order valence-electron chi connectivity index (χ1n) is 8.01. The molecule has 2 heterocycles. The normalized spacial score (nSPS) is 20.5. The highest BCUT2D eigenvalue weighted by Crippen LogP contribution is 2.36. The zero-order valence-corrected chi connectivity index (χ0v) is 12.9. The first-order chi connectivity index (χ1) is 11.5. The number of hydrogen-bond donors (Lipinski definition) is 3. The number of carbonyl (C=O) groups is 1. The van der Waals surface area contributed by atoms with Crippen molar-refractivity contribution in [1.82, 2.24) is 15.1 Å². The van der Waals surface area contributed by atoms with Gasteiger partial charge in [-0.2, -0.15) is 5.10 Å². The van der Waals surface area contributed by atoms with E-state index in [0.29, 0.717) is 11.2 Å². The molecule has 1 aromatic heterocycles. The van der Waals surface area contributed by atoms with Gasteiger partial charge in [0.25, 0.3) is 0 Å². The number of fused-ring (bicyclic) bond motifs is 1. The fourth-order valence-electron chi connectivity index (χ4n) is 3.11. The molecule has 3 N–H and O–H groups in total. The van der Waals surface area contributed by atoms with E-state index in [2.05, 4.69) is 15.7 Å². The third-order valence-electron chi connectivity index (χ3n) is 4.51. The van der Waals surface area contributed by atoms with Gasteiger partial charge in [-0.05, 0) is 37.9 Å². The molecule has 0 spiro atoms. The molecule has 1 atom stereocenters. The number of anilines is 1. The van der Waals surface area contributed by atoms with Crippen LogP contribution in [0.2, 0.25) is 0 Å². The van der Waals surface area contributed by atoms with Gasteiger partial charge in [-0.3, -0.25) is 9.48 Å². The lowest BCUT2D eigenvalue weighted by Crippen LogP contribution is -2.25. The Morgan fingerprint density at radius 2 is 2.17 bits per heavy atom. The SMILES string of the molecule is O=C(O)c1nn(C2CC2)c2cc(NC3CCNC3)c(F)cc2c1=O. The van der Waals surface area contributed by atoms with Crippen LogP contribution >= 0.6 is 0 Å². The predicted octanol–water partition coefficient (Wildman–Crippen LogP) is 1.34. The van der Waals surface area contributed by atoms with Crippen LogP contribution in [0, 0.1) is 5.82 Å². The van der Waals surface area contributed by atoms with Crippen molar-refractivity contribution in [3.05, 3.63) is 33.9 Å². The highest BCUT2D eigenvalue weighted by atomic mass is 19.1. The first-order valence-corrected chi connectivity index (χ1v) is 8.01. The Kier molecular flexibility index (Phi) is 3.49. The Morgan fingerprint density at radius 3 is 2.79 bits per heavy atom. The summed E-state index contributed by atoms with van der Waals surface area (Å²) in [5, 5.41) is 19.6. The summed E-state index contributed by atoms with van der Waals surface area (Å²) in [6, 6.07) is 2.89. The minimum absolute atomic E-state index is 0.0573. The number of nitrogens with zero attached hydrogens (tertiary/aromatic N) is 2. The van der Waals surface area contributed by atoms with Gasteiger partial charge < -0.3 is 15.7 Å². The van der Waals surface area contributed by atoms with Crippen LogP contribution in [0.1, 0.15) is 35.8 Å². The van der Waals surface area contributed by atoms with Crippen molar-refractivity contribution in [1.29, 1.82) is 0 Å². The fourth-order valence-corrected chi connectivity index (χ4v) is 3.11. The smallest absolute Gasteiger partial charge is 0.360 e. The second-order valence-corrected chi connectivity index (χ2v) is 6.34. The molecule has 1 aliphatic carbocycles. The van der Waals surface area contributed by atoms with Gasteiger partial charge in [0.1, 0.15) is 5.82 Å². The maximum Gasteiger partial charge on any atom is 0.360 e. The summed E-state index contributed by atoms with van der Waals surface area (Å²) in [6.07, 6.45) is 2.64. The quantitative estimate of drug-likeness (QED) is 0.782. The molecular weight excluding hydrogens is 315 g/mol. The molecule has 7 nitrogen and oxygen atoms in total. The van der Waals surface area contributed by atoms with Crippen molar-refractivity contribution in [3.63, 3.8) is 0 Å². The van der Waals surface area contributed by atoms with Crippen molar-refractivity contribution in [3.8, 4) is 0 Å². The molecule has 1 aliphatic heterocycles. The lowest BCUT2D eigenvalue weighted by atomic mass is 10.1. The van der Waals surface area contributed by atoms with Crippen LogP contribution in [0.3, 0.4) is 0 Å². The van der Waals surface area contributed by atoms with E-state index in [-0.39, 0.29) is 17.5 Å². The lowest BCUT2D eigenvalue weighted by molar-refractivity contribution is 0.0686. The Labute approximate surface area is 136 Å². The summed E-state index contributed by atoms with van der Waals surface area (Å²) in [5.41, 5.74) is -0.519. The number of aromatic carboxylic acids is 1. The zero-order valence-electron chi connectivity index (χ0n) is 12.9. The standard InChI is InChI=1S/C16H17FN4O3/c17-11-5-10-13(6-12(11)19-8-3-4-18-7-8)21(9-1-2-9)20-14(15(10)22)16(23)24/h5-6,8-9,18-19H,1-4,7H2,(H,23,24). The summed E-state index contributed by atoms with van der Waals surface area (Å²) < 4.78 is 16.0. The Bertz CT molecular complexity index is 885. The fraction of sp³-hybridized carbons (Fsp3) is 0.438. The molecule has 2 aromatic rings. The highest BCUT2D eigenvalue weighted by molar-refractivity contribution is 5.91. The number of rotatable bonds is 4. The van der Waals surface area contributed by atoms with Crippen molar-refractivity contribution >= 4 is 22.6 Å². The van der Waals surface area contributed by atoms with Crippen LogP contribution in [0.15, 0.2) is 16.9 Å². The molecule has 1 unspecified atom stereocenters. The average Bonchev–Trinajstić information content (AvgIpc) is 3.26. The summed E-state index contributed by atoms with van der Waals surface area (Å²) >= 11 is 0. The van der Waals surface area contributed by atoms with Gasteiger partial charge >= 0.3 is 5.97 Å². The van der Waals surface area contributed by atoms with Crippen LogP contribution in [0.5, 0.6) is 0 Å². The van der Waals surface area contributed by atoms with Gasteiger partial charge in [0.05, 0.1) is 22.6 Å². The molecule has 4 rings (SSSR count). The van der Waals surface area contributed by atoms with Gasteiger partial charge in [0, 0.05) is 12.6 Å².